The molecular weight excluding hydrogens is 490 g/mol. The number of rotatable bonds is 11. The molecular formula is C32H41NO4Si. The highest BCUT2D eigenvalue weighted by atomic mass is 28.4. The number of amides is 1. The standard InChI is InChI=1S/C32H41NO4Si/c1-31(2,3)38(5,6)37-23-22-28(30(35)36-4)33-29(34)24-32(25-16-10-7-11-17-25,26-18-12-8-13-19-26)27-20-14-9-15-21-27/h7-21,28H,22-24H2,1-6H3,(H,33,34)/t28-/m1/s1. The van der Waals surface area contributed by atoms with Crippen molar-refractivity contribution in [2.75, 3.05) is 13.7 Å². The first-order valence-electron chi connectivity index (χ1n) is 13.2. The highest BCUT2D eigenvalue weighted by molar-refractivity contribution is 6.74. The maximum atomic E-state index is 13.8. The molecule has 0 bridgehead atoms. The molecule has 5 nitrogen and oxygen atoms in total. The van der Waals surface area contributed by atoms with E-state index in [9.17, 15) is 9.59 Å². The molecule has 0 aliphatic rings. The number of carbonyl (C=O) groups is 2. The third-order valence-corrected chi connectivity index (χ3v) is 12.3. The summed E-state index contributed by atoms with van der Waals surface area (Å²) in [5.74, 6) is -0.703. The number of methoxy groups -OCH3 is 1. The van der Waals surface area contributed by atoms with Gasteiger partial charge in [-0.2, -0.15) is 0 Å². The number of carbonyl (C=O) groups excluding carboxylic acids is 2. The summed E-state index contributed by atoms with van der Waals surface area (Å²) in [6.07, 6.45) is 0.474. The van der Waals surface area contributed by atoms with Gasteiger partial charge in [0.15, 0.2) is 8.32 Å². The lowest BCUT2D eigenvalue weighted by atomic mass is 9.67. The van der Waals surface area contributed by atoms with Gasteiger partial charge in [-0.3, -0.25) is 4.79 Å². The second-order valence-corrected chi connectivity index (χ2v) is 16.0. The zero-order chi connectivity index (χ0) is 27.8. The maximum Gasteiger partial charge on any atom is 0.328 e. The summed E-state index contributed by atoms with van der Waals surface area (Å²) in [7, 11) is -0.646. The van der Waals surface area contributed by atoms with Crippen LogP contribution in [0.3, 0.4) is 0 Å². The van der Waals surface area contributed by atoms with Crippen molar-refractivity contribution in [1.82, 2.24) is 5.32 Å². The minimum Gasteiger partial charge on any atom is -0.467 e. The van der Waals surface area contributed by atoms with Crippen molar-refractivity contribution in [3.8, 4) is 0 Å². The smallest absolute Gasteiger partial charge is 0.328 e. The normalized spacial score (nSPS) is 13.0. The van der Waals surface area contributed by atoms with Crippen molar-refractivity contribution >= 4 is 20.2 Å². The van der Waals surface area contributed by atoms with Gasteiger partial charge in [-0.05, 0) is 34.8 Å². The van der Waals surface area contributed by atoms with E-state index in [1.165, 1.54) is 7.11 Å². The third-order valence-electron chi connectivity index (χ3n) is 7.72. The molecule has 3 aromatic rings. The van der Waals surface area contributed by atoms with E-state index >= 15 is 0 Å². The van der Waals surface area contributed by atoms with Gasteiger partial charge in [-0.1, -0.05) is 112 Å². The Balaban J connectivity index is 1.93. The predicted octanol–water partition coefficient (Wildman–Crippen LogP) is 6.48. The fraction of sp³-hybridized carbons (Fsp3) is 0.375. The van der Waals surface area contributed by atoms with E-state index in [-0.39, 0.29) is 17.4 Å². The molecule has 3 rings (SSSR count). The molecule has 0 radical (unpaired) electrons. The van der Waals surface area contributed by atoms with E-state index in [1.54, 1.807) is 0 Å². The zero-order valence-corrected chi connectivity index (χ0v) is 24.5. The van der Waals surface area contributed by atoms with Crippen LogP contribution >= 0.6 is 0 Å². The van der Waals surface area contributed by atoms with Crippen molar-refractivity contribution in [2.24, 2.45) is 0 Å². The van der Waals surface area contributed by atoms with E-state index in [2.05, 4.69) is 75.6 Å². The fourth-order valence-electron chi connectivity index (χ4n) is 4.50. The molecule has 0 saturated heterocycles. The SMILES string of the molecule is COC(=O)[C@@H](CCO[Si](C)(C)C(C)(C)C)NC(=O)CC(c1ccccc1)(c1ccccc1)c1ccccc1. The Labute approximate surface area is 228 Å². The van der Waals surface area contributed by atoms with Crippen LogP contribution in [0.15, 0.2) is 91.0 Å². The first kappa shape index (κ1) is 29.3. The van der Waals surface area contributed by atoms with Gasteiger partial charge in [0, 0.05) is 19.4 Å². The van der Waals surface area contributed by atoms with Crippen LogP contribution in [-0.4, -0.2) is 40.0 Å². The molecule has 0 unspecified atom stereocenters. The molecule has 1 atom stereocenters. The van der Waals surface area contributed by atoms with E-state index in [4.69, 9.17) is 9.16 Å². The van der Waals surface area contributed by atoms with Gasteiger partial charge in [0.2, 0.25) is 5.91 Å². The van der Waals surface area contributed by atoms with Gasteiger partial charge in [-0.25, -0.2) is 4.79 Å². The molecule has 6 heteroatoms. The number of hydrogen-bond donors (Lipinski definition) is 1. The van der Waals surface area contributed by atoms with Gasteiger partial charge in [-0.15, -0.1) is 0 Å². The maximum absolute atomic E-state index is 13.8. The molecule has 0 heterocycles. The van der Waals surface area contributed by atoms with Crippen molar-refractivity contribution in [3.05, 3.63) is 108 Å². The van der Waals surface area contributed by atoms with Crippen LogP contribution in [0.4, 0.5) is 0 Å². The largest absolute Gasteiger partial charge is 0.467 e. The van der Waals surface area contributed by atoms with Gasteiger partial charge in [0.05, 0.1) is 12.5 Å². The van der Waals surface area contributed by atoms with E-state index < -0.39 is 25.7 Å². The monoisotopic (exact) mass is 531 g/mol. The number of ether oxygens (including phenoxy) is 1. The van der Waals surface area contributed by atoms with Crippen molar-refractivity contribution in [1.29, 1.82) is 0 Å². The summed E-state index contributed by atoms with van der Waals surface area (Å²) < 4.78 is 11.3. The van der Waals surface area contributed by atoms with E-state index in [0.717, 1.165) is 16.7 Å². The molecule has 0 aromatic heterocycles. The van der Waals surface area contributed by atoms with Gasteiger partial charge >= 0.3 is 5.97 Å². The van der Waals surface area contributed by atoms with Gasteiger partial charge in [0.25, 0.3) is 0 Å². The Bertz CT molecular complexity index is 1080. The Morgan fingerprint density at radius 1 is 0.789 bits per heavy atom. The van der Waals surface area contributed by atoms with Crippen LogP contribution < -0.4 is 5.32 Å². The number of hydrogen-bond acceptors (Lipinski definition) is 4. The lowest BCUT2D eigenvalue weighted by Crippen LogP contribution is -2.46. The lowest BCUT2D eigenvalue weighted by Gasteiger charge is -2.37. The topological polar surface area (TPSA) is 64.6 Å². The Hall–Kier alpha value is -3.22. The Morgan fingerprint density at radius 2 is 1.21 bits per heavy atom. The lowest BCUT2D eigenvalue weighted by molar-refractivity contribution is -0.145. The molecule has 38 heavy (non-hydrogen) atoms. The number of nitrogens with one attached hydrogen (secondary N) is 1. The average Bonchev–Trinajstić information content (AvgIpc) is 2.91. The molecule has 3 aromatic carbocycles. The van der Waals surface area contributed by atoms with E-state index in [1.807, 2.05) is 54.6 Å². The number of benzene rings is 3. The van der Waals surface area contributed by atoms with Crippen molar-refractivity contribution < 1.29 is 18.8 Å². The minimum atomic E-state index is -1.99. The summed E-state index contributed by atoms with van der Waals surface area (Å²) in [6, 6.07) is 29.4. The first-order valence-corrected chi connectivity index (χ1v) is 16.1. The molecule has 0 fully saturated rings. The predicted molar refractivity (Wildman–Crippen MR) is 156 cm³/mol. The van der Waals surface area contributed by atoms with Crippen LogP contribution in [0.1, 0.15) is 50.3 Å². The molecule has 1 amide bonds. The zero-order valence-electron chi connectivity index (χ0n) is 23.5. The Morgan fingerprint density at radius 3 is 1.58 bits per heavy atom. The minimum absolute atomic E-state index is 0.0532. The highest BCUT2D eigenvalue weighted by Crippen LogP contribution is 2.42. The van der Waals surface area contributed by atoms with Gasteiger partial charge in [0.1, 0.15) is 6.04 Å². The van der Waals surface area contributed by atoms with Crippen molar-refractivity contribution in [2.45, 2.75) is 63.2 Å². The van der Waals surface area contributed by atoms with Crippen LogP contribution in [-0.2, 0) is 24.2 Å². The second kappa shape index (κ2) is 12.5. The fourth-order valence-corrected chi connectivity index (χ4v) is 5.56. The van der Waals surface area contributed by atoms with Crippen LogP contribution in [0, 0.1) is 0 Å². The summed E-state index contributed by atoms with van der Waals surface area (Å²) >= 11 is 0. The molecule has 0 saturated carbocycles. The van der Waals surface area contributed by atoms with E-state index in [0.29, 0.717) is 13.0 Å². The van der Waals surface area contributed by atoms with Crippen LogP contribution in [0.25, 0.3) is 0 Å². The Kier molecular flexibility index (Phi) is 9.69. The molecule has 1 N–H and O–H groups in total. The molecule has 202 valence electrons. The summed E-state index contributed by atoms with van der Waals surface area (Å²) in [5, 5.41) is 3.03. The molecule has 0 aliphatic heterocycles. The molecule has 0 aliphatic carbocycles. The molecule has 0 spiro atoms. The van der Waals surface area contributed by atoms with Crippen LogP contribution in [0.5, 0.6) is 0 Å². The quantitative estimate of drug-likeness (QED) is 0.175. The summed E-state index contributed by atoms with van der Waals surface area (Å²) in [5.41, 5.74) is 2.27. The summed E-state index contributed by atoms with van der Waals surface area (Å²) in [4.78, 5) is 26.5. The number of esters is 1. The second-order valence-electron chi connectivity index (χ2n) is 11.2. The van der Waals surface area contributed by atoms with Gasteiger partial charge < -0.3 is 14.5 Å². The van der Waals surface area contributed by atoms with Crippen LogP contribution in [0.2, 0.25) is 18.1 Å². The van der Waals surface area contributed by atoms with Crippen molar-refractivity contribution in [3.63, 3.8) is 0 Å². The highest BCUT2D eigenvalue weighted by Gasteiger charge is 2.40. The first-order chi connectivity index (χ1) is 18.0. The summed E-state index contributed by atoms with van der Waals surface area (Å²) in [6.45, 7) is 11.2. The average molecular weight is 532 g/mol. The third kappa shape index (κ3) is 6.80.